The molecule has 0 fully saturated rings. The van der Waals surface area contributed by atoms with Crippen LogP contribution in [-0.2, 0) is 0 Å². The van der Waals surface area contributed by atoms with Gasteiger partial charge in [-0.15, -0.1) is 0 Å². The molecule has 1 aromatic carbocycles. The molecule has 0 unspecified atom stereocenters. The first-order valence-corrected chi connectivity index (χ1v) is 5.98. The van der Waals surface area contributed by atoms with E-state index < -0.39 is 0 Å². The summed E-state index contributed by atoms with van der Waals surface area (Å²) >= 11 is 0. The van der Waals surface area contributed by atoms with Gasteiger partial charge in [0.2, 0.25) is 0 Å². The fraction of sp³-hybridized carbons (Fsp3) is 0.312. The van der Waals surface area contributed by atoms with Crippen LogP contribution in [-0.4, -0.2) is 0 Å². The molecule has 0 aliphatic carbocycles. The normalized spacial score (nSPS) is 10.6. The molecule has 0 saturated heterocycles. The lowest BCUT2D eigenvalue weighted by Crippen LogP contribution is -1.95. The fourth-order valence-electron chi connectivity index (χ4n) is 2.17. The smallest absolute Gasteiger partial charge is 0.218 e. The minimum atomic E-state index is 1.00. The molecule has 0 aliphatic rings. The zero-order valence-electron chi connectivity index (χ0n) is 11.2. The molecule has 0 spiro atoms. The minimum Gasteiger partial charge on any atom is -0.218 e. The van der Waals surface area contributed by atoms with Gasteiger partial charge < -0.3 is 0 Å². The second-order valence-corrected chi connectivity index (χ2v) is 4.71. The highest BCUT2D eigenvalue weighted by molar-refractivity contribution is 5.71. The third-order valence-electron chi connectivity index (χ3n) is 3.45. The second-order valence-electron chi connectivity index (χ2n) is 4.71. The number of benzene rings is 1. The lowest BCUT2D eigenvalue weighted by molar-refractivity contribution is 0.478. The molecule has 2 aromatic rings. The predicted octanol–water partition coefficient (Wildman–Crippen LogP) is 4.77. The number of aryl methyl sites for hydroxylation is 3. The van der Waals surface area contributed by atoms with Crippen LogP contribution in [0, 0.1) is 34.6 Å². The number of rotatable bonds is 1. The lowest BCUT2D eigenvalue weighted by Gasteiger charge is -2.08. The lowest BCUT2D eigenvalue weighted by atomic mass is 9.95. The van der Waals surface area contributed by atoms with Gasteiger partial charge in [-0.05, 0) is 26.3 Å². The minimum absolute atomic E-state index is 1.00. The average molecular weight is 227 g/mol. The summed E-state index contributed by atoms with van der Waals surface area (Å²) in [6.45, 7) is 10.4. The van der Waals surface area contributed by atoms with E-state index in [-0.39, 0.29) is 0 Å². The molecule has 0 atom stereocenters. The van der Waals surface area contributed by atoms with Gasteiger partial charge in [0.25, 0.3) is 0 Å². The van der Waals surface area contributed by atoms with Crippen molar-refractivity contribution in [1.29, 1.82) is 0 Å². The first-order valence-electron chi connectivity index (χ1n) is 5.98. The Morgan fingerprint density at radius 3 is 1.65 bits per heavy atom. The van der Waals surface area contributed by atoms with Crippen molar-refractivity contribution >= 4 is 0 Å². The summed E-state index contributed by atoms with van der Waals surface area (Å²) in [5.74, 6) is 2.01. The van der Waals surface area contributed by atoms with E-state index in [1.807, 2.05) is 13.8 Å². The van der Waals surface area contributed by atoms with Crippen molar-refractivity contribution < 1.29 is 4.42 Å². The molecule has 0 radical (unpaired) electrons. The molecule has 0 bridgehead atoms. The molecule has 1 nitrogen and oxygen atoms in total. The molecule has 1 heterocycles. The highest BCUT2D eigenvalue weighted by Crippen LogP contribution is 2.31. The van der Waals surface area contributed by atoms with E-state index in [0.29, 0.717) is 0 Å². The molecular formula is C16H19O+. The number of hydrogen-bond donors (Lipinski definition) is 0. The molecule has 17 heavy (non-hydrogen) atoms. The summed E-state index contributed by atoms with van der Waals surface area (Å²) in [5.41, 5.74) is 6.34. The van der Waals surface area contributed by atoms with E-state index in [1.54, 1.807) is 0 Å². The van der Waals surface area contributed by atoms with Gasteiger partial charge in [0.1, 0.15) is 0 Å². The average Bonchev–Trinajstić information content (AvgIpc) is 2.29. The second kappa shape index (κ2) is 4.33. The molecule has 0 amide bonds. The molecule has 2 rings (SSSR count). The molecule has 0 N–H and O–H groups in total. The van der Waals surface area contributed by atoms with Crippen LogP contribution in [0.25, 0.3) is 11.1 Å². The Morgan fingerprint density at radius 2 is 1.18 bits per heavy atom. The van der Waals surface area contributed by atoms with Crippen molar-refractivity contribution in [1.82, 2.24) is 0 Å². The highest BCUT2D eigenvalue weighted by atomic mass is 16.3. The molecule has 1 heteroatoms. The van der Waals surface area contributed by atoms with Crippen molar-refractivity contribution in [2.45, 2.75) is 34.6 Å². The molecule has 0 aliphatic heterocycles. The zero-order chi connectivity index (χ0) is 12.6. The monoisotopic (exact) mass is 227 g/mol. The van der Waals surface area contributed by atoms with E-state index in [0.717, 1.165) is 11.5 Å². The van der Waals surface area contributed by atoms with Gasteiger partial charge in [0, 0.05) is 5.56 Å². The Hall–Kier alpha value is -1.63. The molecule has 0 saturated carbocycles. The van der Waals surface area contributed by atoms with Gasteiger partial charge in [-0.25, -0.2) is 4.42 Å². The fourth-order valence-corrected chi connectivity index (χ4v) is 2.17. The van der Waals surface area contributed by atoms with Gasteiger partial charge in [-0.1, -0.05) is 29.8 Å². The Labute approximate surface area is 103 Å². The maximum Gasteiger partial charge on any atom is 0.329 e. The third-order valence-corrected chi connectivity index (χ3v) is 3.45. The van der Waals surface area contributed by atoms with Gasteiger partial charge in [0.15, 0.2) is 0 Å². The van der Waals surface area contributed by atoms with Crippen molar-refractivity contribution in [3.05, 3.63) is 52.5 Å². The van der Waals surface area contributed by atoms with Gasteiger partial charge in [-0.3, -0.25) is 0 Å². The van der Waals surface area contributed by atoms with Crippen molar-refractivity contribution in [3.63, 3.8) is 0 Å². The van der Waals surface area contributed by atoms with Crippen LogP contribution in [0.5, 0.6) is 0 Å². The topological polar surface area (TPSA) is 11.3 Å². The quantitative estimate of drug-likeness (QED) is 0.639. The van der Waals surface area contributed by atoms with Crippen LogP contribution in [0.2, 0.25) is 0 Å². The molecule has 88 valence electrons. The third kappa shape index (κ3) is 2.10. The standard InChI is InChI=1S/C16H19O/c1-10-6-8-15(9-7-10)16-11(2)13(4)17-14(5)12(16)3/h6-9H,1-5H3/q+1. The maximum atomic E-state index is 5.72. The summed E-state index contributed by atoms with van der Waals surface area (Å²) in [6.07, 6.45) is 0. The van der Waals surface area contributed by atoms with Gasteiger partial charge in [0.05, 0.1) is 25.0 Å². The van der Waals surface area contributed by atoms with E-state index in [1.165, 1.54) is 27.8 Å². The van der Waals surface area contributed by atoms with Gasteiger partial charge >= 0.3 is 11.5 Å². The summed E-state index contributed by atoms with van der Waals surface area (Å²) in [4.78, 5) is 0. The largest absolute Gasteiger partial charge is 0.329 e. The summed E-state index contributed by atoms with van der Waals surface area (Å²) < 4.78 is 5.72. The number of hydrogen-bond acceptors (Lipinski definition) is 0. The summed E-state index contributed by atoms with van der Waals surface area (Å²) in [6, 6.07) is 8.68. The van der Waals surface area contributed by atoms with Crippen molar-refractivity contribution in [3.8, 4) is 11.1 Å². The highest BCUT2D eigenvalue weighted by Gasteiger charge is 2.20. The van der Waals surface area contributed by atoms with Crippen molar-refractivity contribution in [2.75, 3.05) is 0 Å². The first kappa shape index (κ1) is 11.8. The Morgan fingerprint density at radius 1 is 0.706 bits per heavy atom. The van der Waals surface area contributed by atoms with Crippen LogP contribution in [0.3, 0.4) is 0 Å². The maximum absolute atomic E-state index is 5.72. The summed E-state index contributed by atoms with van der Waals surface area (Å²) in [7, 11) is 0. The van der Waals surface area contributed by atoms with Crippen LogP contribution in [0.1, 0.15) is 28.2 Å². The van der Waals surface area contributed by atoms with Crippen molar-refractivity contribution in [2.24, 2.45) is 0 Å². The Bertz CT molecular complexity index is 524. The van der Waals surface area contributed by atoms with E-state index >= 15 is 0 Å². The Balaban J connectivity index is 2.70. The van der Waals surface area contributed by atoms with Crippen LogP contribution in [0.15, 0.2) is 28.7 Å². The Kier molecular flexibility index (Phi) is 3.01. The SMILES string of the molecule is Cc1ccc(-c2c(C)c(C)[o+]c(C)c2C)cc1. The van der Waals surface area contributed by atoms with Crippen LogP contribution in [0.4, 0.5) is 0 Å². The van der Waals surface area contributed by atoms with Crippen LogP contribution < -0.4 is 0 Å². The molecular weight excluding hydrogens is 208 g/mol. The zero-order valence-corrected chi connectivity index (χ0v) is 11.2. The molecule has 1 aromatic heterocycles. The van der Waals surface area contributed by atoms with Gasteiger partial charge in [-0.2, -0.15) is 0 Å². The van der Waals surface area contributed by atoms with E-state index in [9.17, 15) is 0 Å². The van der Waals surface area contributed by atoms with Crippen LogP contribution >= 0.6 is 0 Å². The van der Waals surface area contributed by atoms with E-state index in [4.69, 9.17) is 4.42 Å². The summed E-state index contributed by atoms with van der Waals surface area (Å²) in [5, 5.41) is 0. The predicted molar refractivity (Wildman–Crippen MR) is 72.2 cm³/mol. The van der Waals surface area contributed by atoms with E-state index in [2.05, 4.69) is 45.0 Å². The first-order chi connectivity index (χ1) is 8.00.